The predicted molar refractivity (Wildman–Crippen MR) is 96.6 cm³/mol. The summed E-state index contributed by atoms with van der Waals surface area (Å²) in [4.78, 5) is 27.1. The van der Waals surface area contributed by atoms with Crippen molar-refractivity contribution in [1.82, 2.24) is 0 Å². The number of esters is 1. The number of carbonyl (C=O) groups excluding carboxylic acids is 2. The average molecular weight is 363 g/mol. The fraction of sp³-hybridized carbons (Fsp3) is 0.238. The topological polar surface area (TPSA) is 65.1 Å². The number of nitrogens with zero attached hydrogens (tertiary/aromatic N) is 1. The van der Waals surface area contributed by atoms with Gasteiger partial charge in [0.25, 0.3) is 0 Å². The maximum atomic E-state index is 13.0. The van der Waals surface area contributed by atoms with E-state index in [1.54, 1.807) is 4.90 Å². The Labute approximate surface area is 155 Å². The first kappa shape index (κ1) is 15.9. The molecule has 3 aliphatic rings. The molecule has 0 N–H and O–H groups in total. The van der Waals surface area contributed by atoms with E-state index in [0.717, 1.165) is 16.8 Å². The second kappa shape index (κ2) is 5.87. The minimum atomic E-state index is -0.364. The summed E-state index contributed by atoms with van der Waals surface area (Å²) in [6.45, 7) is 2.28. The van der Waals surface area contributed by atoms with E-state index in [9.17, 15) is 9.59 Å². The fourth-order valence-electron chi connectivity index (χ4n) is 3.86. The number of cyclic esters (lactones) is 1. The molecule has 0 aromatic heterocycles. The van der Waals surface area contributed by atoms with E-state index in [1.165, 1.54) is 0 Å². The largest absolute Gasteiger partial charge is 0.456 e. The summed E-state index contributed by atoms with van der Waals surface area (Å²) in [6.07, 6.45) is 0.196. The van der Waals surface area contributed by atoms with Crippen molar-refractivity contribution in [2.45, 2.75) is 19.3 Å². The molecule has 6 heteroatoms. The highest BCUT2D eigenvalue weighted by molar-refractivity contribution is 6.06. The van der Waals surface area contributed by atoms with Gasteiger partial charge < -0.3 is 14.2 Å². The molecule has 136 valence electrons. The van der Waals surface area contributed by atoms with E-state index in [4.69, 9.17) is 14.2 Å². The lowest BCUT2D eigenvalue weighted by molar-refractivity contribution is -0.136. The minimum absolute atomic E-state index is 0.0569. The van der Waals surface area contributed by atoms with Crippen LogP contribution in [0.1, 0.15) is 23.5 Å². The first-order valence-corrected chi connectivity index (χ1v) is 8.81. The van der Waals surface area contributed by atoms with Gasteiger partial charge in [0, 0.05) is 18.0 Å². The first-order chi connectivity index (χ1) is 13.1. The van der Waals surface area contributed by atoms with Crippen molar-refractivity contribution < 1.29 is 23.8 Å². The van der Waals surface area contributed by atoms with Crippen LogP contribution < -0.4 is 14.4 Å². The summed E-state index contributed by atoms with van der Waals surface area (Å²) in [6, 6.07) is 13.2. The van der Waals surface area contributed by atoms with Crippen LogP contribution in [0, 0.1) is 6.92 Å². The van der Waals surface area contributed by atoms with Crippen LogP contribution >= 0.6 is 0 Å². The molecule has 0 aliphatic carbocycles. The highest BCUT2D eigenvalue weighted by Gasteiger charge is 2.43. The van der Waals surface area contributed by atoms with Crippen molar-refractivity contribution in [1.29, 1.82) is 0 Å². The molecule has 27 heavy (non-hydrogen) atoms. The van der Waals surface area contributed by atoms with E-state index < -0.39 is 0 Å². The molecule has 0 bridgehead atoms. The SMILES string of the molecule is Cc1ccc(N2C(=O)CC(c3ccc4c(c3)OCO4)C3=C2COC3=O)cc1. The summed E-state index contributed by atoms with van der Waals surface area (Å²) in [5.41, 5.74) is 3.88. The standard InChI is InChI=1S/C21H17NO5/c1-12-2-5-14(6-3-12)22-16-10-25-21(24)20(16)15(9-19(22)23)13-4-7-17-18(8-13)27-11-26-17/h2-8,15H,9-11H2,1H3. The van der Waals surface area contributed by atoms with Crippen molar-refractivity contribution in [2.75, 3.05) is 18.3 Å². The van der Waals surface area contributed by atoms with Gasteiger partial charge in [-0.15, -0.1) is 0 Å². The Morgan fingerprint density at radius 1 is 0.963 bits per heavy atom. The van der Waals surface area contributed by atoms with Crippen LogP contribution in [0.15, 0.2) is 53.7 Å². The molecular formula is C21H17NO5. The highest BCUT2D eigenvalue weighted by Crippen LogP contribution is 2.44. The molecule has 0 spiro atoms. The Morgan fingerprint density at radius 3 is 2.56 bits per heavy atom. The van der Waals surface area contributed by atoms with Crippen LogP contribution in [-0.4, -0.2) is 25.3 Å². The van der Waals surface area contributed by atoms with Gasteiger partial charge in [0.15, 0.2) is 11.5 Å². The molecular weight excluding hydrogens is 346 g/mol. The van der Waals surface area contributed by atoms with Crippen LogP contribution in [0.3, 0.4) is 0 Å². The summed E-state index contributed by atoms with van der Waals surface area (Å²) in [7, 11) is 0. The van der Waals surface area contributed by atoms with Gasteiger partial charge in [-0.1, -0.05) is 23.8 Å². The van der Waals surface area contributed by atoms with Gasteiger partial charge in [-0.25, -0.2) is 4.79 Å². The third-order valence-corrected chi connectivity index (χ3v) is 5.21. The number of hydrogen-bond donors (Lipinski definition) is 0. The fourth-order valence-corrected chi connectivity index (χ4v) is 3.86. The third-order valence-electron chi connectivity index (χ3n) is 5.21. The molecule has 6 nitrogen and oxygen atoms in total. The Balaban J connectivity index is 1.60. The van der Waals surface area contributed by atoms with Crippen LogP contribution in [0.25, 0.3) is 0 Å². The molecule has 5 rings (SSSR count). The molecule has 2 aromatic carbocycles. The van der Waals surface area contributed by atoms with Gasteiger partial charge in [-0.2, -0.15) is 0 Å². The van der Waals surface area contributed by atoms with Crippen molar-refractivity contribution in [3.63, 3.8) is 0 Å². The number of amides is 1. The van der Waals surface area contributed by atoms with Gasteiger partial charge in [-0.05, 0) is 36.8 Å². The molecule has 3 heterocycles. The Bertz CT molecular complexity index is 992. The van der Waals surface area contributed by atoms with E-state index in [0.29, 0.717) is 22.8 Å². The summed E-state index contributed by atoms with van der Waals surface area (Å²) in [5, 5.41) is 0. The summed E-state index contributed by atoms with van der Waals surface area (Å²) in [5.74, 6) is 0.536. The normalized spacial score (nSPS) is 20.8. The zero-order valence-electron chi connectivity index (χ0n) is 14.7. The van der Waals surface area contributed by atoms with Crippen molar-refractivity contribution in [3.8, 4) is 11.5 Å². The quantitative estimate of drug-likeness (QED) is 0.768. The molecule has 1 atom stereocenters. The molecule has 0 saturated carbocycles. The van der Waals surface area contributed by atoms with E-state index in [2.05, 4.69) is 0 Å². The lowest BCUT2D eigenvalue weighted by Crippen LogP contribution is -2.37. The van der Waals surface area contributed by atoms with Gasteiger partial charge >= 0.3 is 5.97 Å². The zero-order chi connectivity index (χ0) is 18.5. The van der Waals surface area contributed by atoms with Gasteiger partial charge in [-0.3, -0.25) is 9.69 Å². The van der Waals surface area contributed by atoms with Crippen molar-refractivity contribution >= 4 is 17.6 Å². The monoisotopic (exact) mass is 363 g/mol. The van der Waals surface area contributed by atoms with E-state index >= 15 is 0 Å². The molecule has 0 fully saturated rings. The molecule has 2 aromatic rings. The minimum Gasteiger partial charge on any atom is -0.456 e. The van der Waals surface area contributed by atoms with Crippen LogP contribution in [-0.2, 0) is 14.3 Å². The maximum Gasteiger partial charge on any atom is 0.336 e. The third kappa shape index (κ3) is 2.48. The number of fused-ring (bicyclic) bond motifs is 1. The average Bonchev–Trinajstić information content (AvgIpc) is 3.28. The van der Waals surface area contributed by atoms with E-state index in [-0.39, 0.29) is 37.6 Å². The summed E-state index contributed by atoms with van der Waals surface area (Å²) < 4.78 is 16.1. The van der Waals surface area contributed by atoms with Crippen LogP contribution in [0.2, 0.25) is 0 Å². The number of aryl methyl sites for hydroxylation is 1. The highest BCUT2D eigenvalue weighted by atomic mass is 16.7. The molecule has 1 amide bonds. The van der Waals surface area contributed by atoms with Crippen molar-refractivity contribution in [3.05, 3.63) is 64.9 Å². The lowest BCUT2D eigenvalue weighted by atomic mass is 9.84. The van der Waals surface area contributed by atoms with Gasteiger partial charge in [0.1, 0.15) is 6.61 Å². The number of rotatable bonds is 2. The second-order valence-corrected chi connectivity index (χ2v) is 6.87. The smallest absolute Gasteiger partial charge is 0.336 e. The van der Waals surface area contributed by atoms with Gasteiger partial charge in [0.05, 0.1) is 11.3 Å². The summed E-state index contributed by atoms with van der Waals surface area (Å²) >= 11 is 0. The number of carbonyl (C=O) groups is 2. The van der Waals surface area contributed by atoms with Crippen LogP contribution in [0.4, 0.5) is 5.69 Å². The predicted octanol–water partition coefficient (Wildman–Crippen LogP) is 3.06. The van der Waals surface area contributed by atoms with E-state index in [1.807, 2.05) is 49.4 Å². The molecule has 1 unspecified atom stereocenters. The Hall–Kier alpha value is -3.28. The number of ether oxygens (including phenoxy) is 3. The number of hydrogen-bond acceptors (Lipinski definition) is 5. The maximum absolute atomic E-state index is 13.0. The Kier molecular flexibility index (Phi) is 3.47. The molecule has 0 saturated heterocycles. The van der Waals surface area contributed by atoms with Crippen LogP contribution in [0.5, 0.6) is 11.5 Å². The second-order valence-electron chi connectivity index (χ2n) is 6.87. The lowest BCUT2D eigenvalue weighted by Gasteiger charge is -2.32. The van der Waals surface area contributed by atoms with Crippen molar-refractivity contribution in [2.24, 2.45) is 0 Å². The molecule has 0 radical (unpaired) electrons. The molecule has 3 aliphatic heterocycles. The number of benzene rings is 2. The Morgan fingerprint density at radius 2 is 1.74 bits per heavy atom. The zero-order valence-corrected chi connectivity index (χ0v) is 14.7. The number of anilines is 1. The van der Waals surface area contributed by atoms with Gasteiger partial charge in [0.2, 0.25) is 12.7 Å². The first-order valence-electron chi connectivity index (χ1n) is 8.81.